The van der Waals surface area contributed by atoms with Crippen molar-refractivity contribution in [1.82, 2.24) is 15.5 Å². The van der Waals surface area contributed by atoms with Crippen molar-refractivity contribution in [3.63, 3.8) is 0 Å². The Labute approximate surface area is 108 Å². The first-order valence-corrected chi connectivity index (χ1v) is 5.50. The van der Waals surface area contributed by atoms with E-state index in [4.69, 9.17) is 5.73 Å². The molecule has 0 aliphatic carbocycles. The Morgan fingerprint density at radius 2 is 1.82 bits per heavy atom. The normalized spacial score (nSPS) is 26.8. The van der Waals surface area contributed by atoms with Crippen LogP contribution in [0.25, 0.3) is 0 Å². The number of amides is 3. The lowest BCUT2D eigenvalue weighted by Crippen LogP contribution is -2.59. The fourth-order valence-electron chi connectivity index (χ4n) is 2.08. The topological polar surface area (TPSA) is 87.5 Å². The minimum absolute atomic E-state index is 0. The van der Waals surface area contributed by atoms with Crippen LogP contribution in [0.1, 0.15) is 20.8 Å². The van der Waals surface area contributed by atoms with E-state index in [0.29, 0.717) is 12.1 Å². The summed E-state index contributed by atoms with van der Waals surface area (Å²) in [7, 11) is 0. The molecule has 1 aliphatic rings. The number of carbonyl (C=O) groups is 2. The number of hydrogen-bond donors (Lipinski definition) is 3. The van der Waals surface area contributed by atoms with Crippen LogP contribution < -0.4 is 16.4 Å². The molecule has 100 valence electrons. The second-order valence-corrected chi connectivity index (χ2v) is 4.45. The molecule has 1 aliphatic heterocycles. The number of imide groups is 1. The fourth-order valence-corrected chi connectivity index (χ4v) is 2.08. The Hall–Kier alpha value is -0.850. The number of nitrogens with zero attached hydrogens (tertiary/aromatic N) is 1. The first-order valence-electron chi connectivity index (χ1n) is 5.50. The van der Waals surface area contributed by atoms with Crippen molar-refractivity contribution in [3.05, 3.63) is 0 Å². The first kappa shape index (κ1) is 16.1. The quantitative estimate of drug-likeness (QED) is 0.638. The summed E-state index contributed by atoms with van der Waals surface area (Å²) in [4.78, 5) is 24.2. The lowest BCUT2D eigenvalue weighted by molar-refractivity contribution is -0.125. The average molecular weight is 265 g/mol. The fraction of sp³-hybridized carbons (Fsp3) is 0.800. The Kier molecular flexibility index (Phi) is 6.44. The lowest BCUT2D eigenvalue weighted by Gasteiger charge is -2.38. The van der Waals surface area contributed by atoms with Gasteiger partial charge in [0.25, 0.3) is 0 Å². The molecule has 0 aromatic carbocycles. The highest BCUT2D eigenvalue weighted by Crippen LogP contribution is 2.08. The van der Waals surface area contributed by atoms with E-state index in [1.807, 2.05) is 4.90 Å². The van der Waals surface area contributed by atoms with Crippen LogP contribution in [0.2, 0.25) is 0 Å². The minimum Gasteiger partial charge on any atom is -0.351 e. The van der Waals surface area contributed by atoms with Gasteiger partial charge in [0.05, 0.1) is 6.04 Å². The van der Waals surface area contributed by atoms with Crippen LogP contribution in [0.15, 0.2) is 0 Å². The molecule has 1 saturated heterocycles. The Morgan fingerprint density at radius 1 is 1.35 bits per heavy atom. The van der Waals surface area contributed by atoms with Crippen molar-refractivity contribution in [2.24, 2.45) is 5.73 Å². The van der Waals surface area contributed by atoms with Crippen molar-refractivity contribution in [2.45, 2.75) is 38.9 Å². The molecule has 1 rings (SSSR count). The molecule has 0 spiro atoms. The highest BCUT2D eigenvalue weighted by atomic mass is 35.5. The zero-order valence-corrected chi connectivity index (χ0v) is 11.2. The van der Waals surface area contributed by atoms with Crippen molar-refractivity contribution in [3.8, 4) is 0 Å². The summed E-state index contributed by atoms with van der Waals surface area (Å²) in [6.07, 6.45) is 0. The van der Waals surface area contributed by atoms with Gasteiger partial charge in [-0.15, -0.1) is 12.4 Å². The summed E-state index contributed by atoms with van der Waals surface area (Å²) in [5.74, 6) is -0.339. The van der Waals surface area contributed by atoms with Crippen LogP contribution in [0, 0.1) is 0 Å². The third kappa shape index (κ3) is 4.89. The van der Waals surface area contributed by atoms with Gasteiger partial charge >= 0.3 is 6.03 Å². The number of urea groups is 1. The monoisotopic (exact) mass is 264 g/mol. The zero-order valence-electron chi connectivity index (χ0n) is 10.4. The van der Waals surface area contributed by atoms with Gasteiger partial charge in [0, 0.05) is 25.2 Å². The number of carbonyl (C=O) groups excluding carboxylic acids is 2. The van der Waals surface area contributed by atoms with Gasteiger partial charge in [0.15, 0.2) is 0 Å². The number of hydrogen-bond acceptors (Lipinski definition) is 4. The van der Waals surface area contributed by atoms with E-state index in [0.717, 1.165) is 13.1 Å². The molecular formula is C10H21ClN4O2. The number of nitrogens with one attached hydrogen (secondary N) is 2. The molecule has 6 nitrogen and oxygen atoms in total. The van der Waals surface area contributed by atoms with E-state index in [1.54, 1.807) is 6.92 Å². The largest absolute Gasteiger partial charge is 0.351 e. The molecule has 4 N–H and O–H groups in total. The SMILES string of the molecule is CC1CN(C(C)C(=O)NC(N)=O)CC(C)N1.Cl. The van der Waals surface area contributed by atoms with Crippen molar-refractivity contribution in [2.75, 3.05) is 13.1 Å². The number of nitrogens with two attached hydrogens (primary N) is 1. The number of halogens is 1. The summed E-state index contributed by atoms with van der Waals surface area (Å²) in [5.41, 5.74) is 4.91. The van der Waals surface area contributed by atoms with Crippen LogP contribution in [0.3, 0.4) is 0 Å². The van der Waals surface area contributed by atoms with Gasteiger partial charge in [0.2, 0.25) is 5.91 Å². The van der Waals surface area contributed by atoms with Gasteiger partial charge in [-0.2, -0.15) is 0 Å². The molecule has 0 saturated carbocycles. The predicted octanol–water partition coefficient (Wildman–Crippen LogP) is -0.326. The molecular weight excluding hydrogens is 244 g/mol. The molecule has 0 aromatic heterocycles. The molecule has 3 unspecified atom stereocenters. The third-order valence-electron chi connectivity index (χ3n) is 2.76. The molecule has 17 heavy (non-hydrogen) atoms. The molecule has 1 fully saturated rings. The Bertz CT molecular complexity index is 277. The van der Waals surface area contributed by atoms with Gasteiger partial charge in [-0.1, -0.05) is 0 Å². The first-order chi connectivity index (χ1) is 7.40. The highest BCUT2D eigenvalue weighted by Gasteiger charge is 2.28. The van der Waals surface area contributed by atoms with Crippen molar-refractivity contribution in [1.29, 1.82) is 0 Å². The maximum Gasteiger partial charge on any atom is 0.318 e. The van der Waals surface area contributed by atoms with Gasteiger partial charge in [-0.25, -0.2) is 4.79 Å². The summed E-state index contributed by atoms with van der Waals surface area (Å²) in [6, 6.07) is -0.451. The lowest BCUT2D eigenvalue weighted by atomic mass is 10.1. The van der Waals surface area contributed by atoms with Crippen LogP contribution >= 0.6 is 12.4 Å². The summed E-state index contributed by atoms with van der Waals surface area (Å²) >= 11 is 0. The predicted molar refractivity (Wildman–Crippen MR) is 68.1 cm³/mol. The minimum atomic E-state index is -0.798. The molecule has 7 heteroatoms. The van der Waals surface area contributed by atoms with Gasteiger partial charge in [-0.05, 0) is 20.8 Å². The van der Waals surface area contributed by atoms with Crippen molar-refractivity contribution < 1.29 is 9.59 Å². The van der Waals surface area contributed by atoms with E-state index >= 15 is 0 Å². The van der Waals surface area contributed by atoms with E-state index in [1.165, 1.54) is 0 Å². The van der Waals surface area contributed by atoms with E-state index < -0.39 is 6.03 Å². The second-order valence-electron chi connectivity index (χ2n) is 4.45. The van der Waals surface area contributed by atoms with Crippen LogP contribution in [0.5, 0.6) is 0 Å². The summed E-state index contributed by atoms with van der Waals surface area (Å²) < 4.78 is 0. The molecule has 0 bridgehead atoms. The van der Waals surface area contributed by atoms with Gasteiger partial charge < -0.3 is 11.1 Å². The number of rotatable bonds is 2. The summed E-state index contributed by atoms with van der Waals surface area (Å²) in [6.45, 7) is 7.50. The molecule has 3 atom stereocenters. The maximum absolute atomic E-state index is 11.6. The summed E-state index contributed by atoms with van der Waals surface area (Å²) in [5, 5.41) is 5.49. The molecule has 1 heterocycles. The smallest absolute Gasteiger partial charge is 0.318 e. The van der Waals surface area contributed by atoms with Crippen molar-refractivity contribution >= 4 is 24.3 Å². The highest BCUT2D eigenvalue weighted by molar-refractivity contribution is 5.96. The molecule has 0 radical (unpaired) electrons. The Morgan fingerprint density at radius 3 is 2.24 bits per heavy atom. The maximum atomic E-state index is 11.6. The van der Waals surface area contributed by atoms with Crippen LogP contribution in [-0.4, -0.2) is 48.1 Å². The standard InChI is InChI=1S/C10H20N4O2.ClH/c1-6-4-14(5-7(2)12-6)8(3)9(15)13-10(11)16;/h6-8,12H,4-5H2,1-3H3,(H3,11,13,15,16);1H. The van der Waals surface area contributed by atoms with E-state index in [-0.39, 0.29) is 24.4 Å². The zero-order chi connectivity index (χ0) is 12.3. The second kappa shape index (κ2) is 6.78. The van der Waals surface area contributed by atoms with E-state index in [9.17, 15) is 9.59 Å². The number of piperazine rings is 1. The molecule has 3 amide bonds. The van der Waals surface area contributed by atoms with Crippen LogP contribution in [0.4, 0.5) is 4.79 Å². The average Bonchev–Trinajstić information content (AvgIpc) is 2.13. The Balaban J connectivity index is 0.00000256. The van der Waals surface area contributed by atoms with E-state index in [2.05, 4.69) is 24.5 Å². The van der Waals surface area contributed by atoms with Gasteiger partial charge in [-0.3, -0.25) is 15.0 Å². The van der Waals surface area contributed by atoms with Crippen LogP contribution in [-0.2, 0) is 4.79 Å². The van der Waals surface area contributed by atoms with Gasteiger partial charge in [0.1, 0.15) is 0 Å². The third-order valence-corrected chi connectivity index (χ3v) is 2.76. The number of primary amides is 1. The molecule has 0 aromatic rings.